The van der Waals surface area contributed by atoms with Crippen LogP contribution in [0.2, 0.25) is 0 Å². The molecule has 7 heterocycles. The van der Waals surface area contributed by atoms with Gasteiger partial charge >= 0.3 is 17.9 Å². The van der Waals surface area contributed by atoms with Crippen molar-refractivity contribution < 1.29 is 56.5 Å². The highest BCUT2D eigenvalue weighted by atomic mass is 32.1. The molecule has 3 saturated heterocycles. The molecule has 22 nitrogen and oxygen atoms in total. The van der Waals surface area contributed by atoms with Crippen LogP contribution < -0.4 is 36.1 Å². The fraction of sp³-hybridized carbons (Fsp3) is 0.247. The number of nitrogens with zero attached hydrogens (tertiary/aromatic N) is 9. The minimum Gasteiger partial charge on any atom is -0.497 e. The number of piperazine rings is 3. The van der Waals surface area contributed by atoms with Crippen molar-refractivity contribution in [2.45, 2.75) is 40.4 Å². The van der Waals surface area contributed by atoms with Crippen LogP contribution in [0.15, 0.2) is 238 Å². The zero-order valence-electron chi connectivity index (χ0n) is 63.6. The first-order chi connectivity index (χ1) is 55.5. The van der Waals surface area contributed by atoms with Crippen LogP contribution in [0.25, 0.3) is 32.7 Å². The molecule has 0 aliphatic carbocycles. The standard InChI is InChI=1S/C31H30FN3O5.C30H28FN3O4.C28H27N3O4S/c1-3-40-31(38)27-28(33-16-18-34(19-17-33)29(36)22-10-14-24(39-2)15-11-22)25-6-4-5-7-26(25)35(30(27)37)20-21-8-12-23(32)13-9-21;1-2-38-30(37)26-27(32-16-18-33(19-17-32)28(35)22-12-14-23(31)15-13-22)24-10-6-7-11-25(24)34(29(26)36)20-21-8-4-3-5-9-21;1-2-35-28(34)24-25(29-14-16-30(17-15-29)26(32)23-13-8-18-36-23)21-11-6-7-12-22(21)31(27(24)33)19-20-9-4-3-5-10-20/h4-15H,3,16-20H2,1-2H3;3-15H,2,16-20H2,1H3;3-13,18H,2,14-17,19H2,1H3. The second kappa shape index (κ2) is 36.4. The molecule has 0 unspecified atom stereocenters. The largest absolute Gasteiger partial charge is 0.497 e. The summed E-state index contributed by atoms with van der Waals surface area (Å²) >= 11 is 1.43. The number of para-hydroxylation sites is 3. The number of esters is 3. The lowest BCUT2D eigenvalue weighted by Gasteiger charge is -2.37. The summed E-state index contributed by atoms with van der Waals surface area (Å²) in [6.45, 7) is 11.7. The number of fused-ring (bicyclic) bond motifs is 3. The van der Waals surface area contributed by atoms with Crippen LogP contribution in [0.4, 0.5) is 25.8 Å². The third-order valence-corrected chi connectivity index (χ3v) is 21.2. The molecular formula is C89H85F2N9O13S. The molecular weight excluding hydrogens is 1470 g/mol. The smallest absolute Gasteiger partial charge is 0.345 e. The summed E-state index contributed by atoms with van der Waals surface area (Å²) in [5.41, 5.74) is 6.09. The second-order valence-electron chi connectivity index (χ2n) is 27.2. The van der Waals surface area contributed by atoms with E-state index in [4.69, 9.17) is 18.9 Å². The van der Waals surface area contributed by atoms with Gasteiger partial charge in [-0.15, -0.1) is 11.3 Å². The highest BCUT2D eigenvalue weighted by Gasteiger charge is 2.35. The number of anilines is 3. The number of hydrogen-bond donors (Lipinski definition) is 0. The van der Waals surface area contributed by atoms with Gasteiger partial charge in [0, 0.05) is 106 Å². The third kappa shape index (κ3) is 17.4. The Hall–Kier alpha value is -13.0. The van der Waals surface area contributed by atoms with Gasteiger partial charge in [-0.1, -0.05) is 133 Å². The maximum Gasteiger partial charge on any atom is 0.345 e. The van der Waals surface area contributed by atoms with Gasteiger partial charge in [-0.05, 0) is 128 Å². The Bertz CT molecular complexity index is 5670. The summed E-state index contributed by atoms with van der Waals surface area (Å²) in [5.74, 6) is -2.33. The number of aromatic nitrogens is 3. The number of ether oxygens (including phenoxy) is 4. The van der Waals surface area contributed by atoms with Crippen LogP contribution in [-0.2, 0) is 33.8 Å². The van der Waals surface area contributed by atoms with Crippen molar-refractivity contribution in [1.82, 2.24) is 28.4 Å². The van der Waals surface area contributed by atoms with Crippen LogP contribution in [0.5, 0.6) is 5.75 Å². The summed E-state index contributed by atoms with van der Waals surface area (Å²) < 4.78 is 52.8. The highest BCUT2D eigenvalue weighted by molar-refractivity contribution is 7.12. The molecule has 12 aromatic rings. The molecule has 8 aromatic carbocycles. The van der Waals surface area contributed by atoms with E-state index in [1.54, 1.807) is 83.2 Å². The van der Waals surface area contributed by atoms with Crippen LogP contribution in [0.3, 0.4) is 0 Å². The summed E-state index contributed by atoms with van der Waals surface area (Å²) in [7, 11) is 1.57. The molecule has 3 aliphatic heterocycles. The molecule has 3 aliphatic rings. The van der Waals surface area contributed by atoms with E-state index in [0.29, 0.717) is 141 Å². The Balaban J connectivity index is 0.000000149. The number of halogens is 2. The van der Waals surface area contributed by atoms with Gasteiger partial charge in [-0.25, -0.2) is 23.2 Å². The van der Waals surface area contributed by atoms with E-state index < -0.39 is 34.8 Å². The average Bonchev–Trinajstić information content (AvgIpc) is 0.833. The lowest BCUT2D eigenvalue weighted by Crippen LogP contribution is -2.49. The predicted molar refractivity (Wildman–Crippen MR) is 437 cm³/mol. The average molecular weight is 1560 g/mol. The number of amides is 3. The summed E-state index contributed by atoms with van der Waals surface area (Å²) in [6.07, 6.45) is 0. The highest BCUT2D eigenvalue weighted by Crippen LogP contribution is 2.36. The van der Waals surface area contributed by atoms with Crippen molar-refractivity contribution in [3.05, 3.63) is 316 Å². The molecule has 25 heteroatoms. The van der Waals surface area contributed by atoms with Crippen LogP contribution in [0, 0.1) is 11.6 Å². The maximum absolute atomic E-state index is 13.9. The van der Waals surface area contributed by atoms with Crippen LogP contribution in [0.1, 0.15) is 98.9 Å². The Morgan fingerprint density at radius 2 is 0.658 bits per heavy atom. The van der Waals surface area contributed by atoms with Crippen molar-refractivity contribution >= 4 is 96.7 Å². The van der Waals surface area contributed by atoms with Crippen molar-refractivity contribution in [3.63, 3.8) is 0 Å². The minimum absolute atomic E-state index is 0.000192. The van der Waals surface area contributed by atoms with E-state index >= 15 is 0 Å². The number of carbonyl (C=O) groups is 6. The van der Waals surface area contributed by atoms with E-state index in [-0.39, 0.29) is 72.2 Å². The van der Waals surface area contributed by atoms with E-state index in [2.05, 4.69) is 0 Å². The van der Waals surface area contributed by atoms with Gasteiger partial charge in [0.05, 0.1) is 85.1 Å². The zero-order valence-corrected chi connectivity index (χ0v) is 64.4. The quantitative estimate of drug-likeness (QED) is 0.0542. The molecule has 584 valence electrons. The van der Waals surface area contributed by atoms with E-state index in [9.17, 15) is 51.9 Å². The van der Waals surface area contributed by atoms with Crippen LogP contribution >= 0.6 is 11.3 Å². The molecule has 0 atom stereocenters. The van der Waals surface area contributed by atoms with Crippen molar-refractivity contribution in [3.8, 4) is 5.75 Å². The first-order valence-electron chi connectivity index (χ1n) is 37.8. The lowest BCUT2D eigenvalue weighted by molar-refractivity contribution is 0.0514. The van der Waals surface area contributed by atoms with E-state index in [1.807, 2.05) is 171 Å². The molecule has 0 saturated carbocycles. The van der Waals surface area contributed by atoms with Gasteiger partial charge in [-0.3, -0.25) is 28.8 Å². The van der Waals surface area contributed by atoms with Crippen molar-refractivity contribution in [2.24, 2.45) is 0 Å². The maximum atomic E-state index is 13.9. The number of carbonyl (C=O) groups excluding carboxylic acids is 6. The second-order valence-corrected chi connectivity index (χ2v) is 28.2. The Morgan fingerprint density at radius 3 is 0.982 bits per heavy atom. The van der Waals surface area contributed by atoms with Crippen molar-refractivity contribution in [1.29, 1.82) is 0 Å². The summed E-state index contributed by atoms with van der Waals surface area (Å²) in [4.78, 5) is 132. The number of pyridine rings is 3. The number of hydrogen-bond acceptors (Lipinski definition) is 17. The fourth-order valence-electron chi connectivity index (χ4n) is 14.7. The van der Waals surface area contributed by atoms with Crippen molar-refractivity contribution in [2.75, 3.05) is 120 Å². The molecule has 3 amide bonds. The van der Waals surface area contributed by atoms with Gasteiger partial charge in [-0.2, -0.15) is 0 Å². The molecule has 0 bridgehead atoms. The summed E-state index contributed by atoms with van der Waals surface area (Å²) in [5, 5.41) is 4.20. The number of rotatable bonds is 19. The molecule has 0 spiro atoms. The zero-order chi connectivity index (χ0) is 79.9. The Kier molecular flexibility index (Phi) is 25.3. The first kappa shape index (κ1) is 79.1. The van der Waals surface area contributed by atoms with Gasteiger partial charge < -0.3 is 62.0 Å². The fourth-order valence-corrected chi connectivity index (χ4v) is 15.4. The monoisotopic (exact) mass is 1560 g/mol. The lowest BCUT2D eigenvalue weighted by atomic mass is 10.0. The molecule has 15 rings (SSSR count). The Morgan fingerprint density at radius 1 is 0.351 bits per heavy atom. The molecule has 3 fully saturated rings. The van der Waals surface area contributed by atoms with Gasteiger partial charge in [0.25, 0.3) is 34.4 Å². The van der Waals surface area contributed by atoms with Gasteiger partial charge in [0.15, 0.2) is 0 Å². The molecule has 4 aromatic heterocycles. The Labute approximate surface area is 660 Å². The van der Waals surface area contributed by atoms with E-state index in [1.165, 1.54) is 52.3 Å². The third-order valence-electron chi connectivity index (χ3n) is 20.3. The number of methoxy groups -OCH3 is 1. The molecule has 0 N–H and O–H groups in total. The topological polar surface area (TPSA) is 225 Å². The van der Waals surface area contributed by atoms with E-state index in [0.717, 1.165) is 38.4 Å². The van der Waals surface area contributed by atoms with Crippen LogP contribution in [-0.4, -0.2) is 169 Å². The van der Waals surface area contributed by atoms with Gasteiger partial charge in [0.2, 0.25) is 0 Å². The predicted octanol–water partition coefficient (Wildman–Crippen LogP) is 12.9. The molecule has 114 heavy (non-hydrogen) atoms. The molecule has 0 radical (unpaired) electrons. The normalized spacial score (nSPS) is 13.5. The number of benzene rings is 8. The van der Waals surface area contributed by atoms with Gasteiger partial charge in [0.1, 0.15) is 34.1 Å². The number of thiophene rings is 1. The summed E-state index contributed by atoms with van der Waals surface area (Å²) in [6, 6.07) is 64.0. The first-order valence-corrected chi connectivity index (χ1v) is 38.7. The SMILES string of the molecule is CCOC(=O)c1c(N2CCN(C(=O)c3ccc(F)cc3)CC2)c2ccccc2n(Cc2ccccc2)c1=O.CCOC(=O)c1c(N2CCN(C(=O)c3ccc(OC)cc3)CC2)c2ccccc2n(Cc2ccc(F)cc2)c1=O.CCOC(=O)c1c(N2CCN(C(=O)c3cccs3)CC2)c2ccccc2n(Cc2ccccc2)c1=O. The minimum atomic E-state index is -0.696.